The highest BCUT2D eigenvalue weighted by Gasteiger charge is 2.17. The summed E-state index contributed by atoms with van der Waals surface area (Å²) in [6.07, 6.45) is 2.93. The van der Waals surface area contributed by atoms with Crippen LogP contribution in [0.1, 0.15) is 26.3 Å². The van der Waals surface area contributed by atoms with E-state index < -0.39 is 16.7 Å². The lowest BCUT2D eigenvalue weighted by molar-refractivity contribution is -0.384. The quantitative estimate of drug-likeness (QED) is 0.112. The van der Waals surface area contributed by atoms with E-state index in [2.05, 4.69) is 0 Å². The number of allylic oxidation sites excluding steroid dienone is 1. The molecule has 0 spiro atoms. The molecule has 0 aliphatic heterocycles. The largest absolute Gasteiger partial charge is 0.497 e. The van der Waals surface area contributed by atoms with Crippen molar-refractivity contribution in [2.45, 2.75) is 0 Å². The van der Waals surface area contributed by atoms with Crippen LogP contribution < -0.4 is 18.9 Å². The average molecular weight is 463 g/mol. The molecule has 0 atom stereocenters. The fourth-order valence-electron chi connectivity index (χ4n) is 3.01. The maximum atomic E-state index is 12.9. The molecule has 0 fully saturated rings. The third kappa shape index (κ3) is 5.57. The predicted octanol–water partition coefficient (Wildman–Crippen LogP) is 4.74. The molecule has 0 saturated carbocycles. The van der Waals surface area contributed by atoms with Gasteiger partial charge >= 0.3 is 5.97 Å². The van der Waals surface area contributed by atoms with Gasteiger partial charge in [-0.2, -0.15) is 0 Å². The standard InChI is InChI=1S/C25H21NO8/c1-31-19-10-11-20(21(27)12-4-16-5-13-22(32-2)24(14-16)33-3)23(15-19)34-25(28)17-6-8-18(9-7-17)26(29)30/h4-15H,1-3H3. The van der Waals surface area contributed by atoms with Crippen LogP contribution in [0.2, 0.25) is 0 Å². The first kappa shape index (κ1) is 24.0. The molecule has 0 aliphatic rings. The molecule has 9 heteroatoms. The van der Waals surface area contributed by atoms with Gasteiger partial charge in [-0.1, -0.05) is 12.1 Å². The molecule has 3 rings (SSSR count). The summed E-state index contributed by atoms with van der Waals surface area (Å²) in [7, 11) is 4.48. The van der Waals surface area contributed by atoms with Crippen molar-refractivity contribution in [2.24, 2.45) is 0 Å². The molecule has 0 heterocycles. The molecule has 3 aromatic carbocycles. The van der Waals surface area contributed by atoms with E-state index >= 15 is 0 Å². The minimum atomic E-state index is -0.777. The monoisotopic (exact) mass is 463 g/mol. The Labute approximate surface area is 195 Å². The second-order valence-electron chi connectivity index (χ2n) is 6.87. The summed E-state index contributed by atoms with van der Waals surface area (Å²) in [6, 6.07) is 14.6. The van der Waals surface area contributed by atoms with Crippen LogP contribution in [-0.4, -0.2) is 38.0 Å². The number of hydrogen-bond acceptors (Lipinski definition) is 8. The number of rotatable bonds is 9. The highest BCUT2D eigenvalue weighted by molar-refractivity contribution is 6.09. The summed E-state index contributed by atoms with van der Waals surface area (Å²) in [5.41, 5.74) is 0.763. The lowest BCUT2D eigenvalue weighted by Gasteiger charge is -2.10. The van der Waals surface area contributed by atoms with Crippen LogP contribution in [0.4, 0.5) is 5.69 Å². The molecule has 0 saturated heterocycles. The molecule has 0 unspecified atom stereocenters. The van der Waals surface area contributed by atoms with Gasteiger partial charge < -0.3 is 18.9 Å². The highest BCUT2D eigenvalue weighted by atomic mass is 16.6. The summed E-state index contributed by atoms with van der Waals surface area (Å²) in [6.45, 7) is 0. The van der Waals surface area contributed by atoms with Crippen molar-refractivity contribution in [3.8, 4) is 23.0 Å². The molecule has 9 nitrogen and oxygen atoms in total. The predicted molar refractivity (Wildman–Crippen MR) is 124 cm³/mol. The molecule has 174 valence electrons. The first-order valence-corrected chi connectivity index (χ1v) is 9.95. The Hall–Kier alpha value is -4.66. The maximum absolute atomic E-state index is 12.9. The van der Waals surface area contributed by atoms with E-state index in [9.17, 15) is 19.7 Å². The van der Waals surface area contributed by atoms with Crippen molar-refractivity contribution in [2.75, 3.05) is 21.3 Å². The van der Waals surface area contributed by atoms with E-state index in [0.29, 0.717) is 22.8 Å². The topological polar surface area (TPSA) is 114 Å². The molecule has 0 radical (unpaired) electrons. The second kappa shape index (κ2) is 10.8. The molecule has 0 bridgehead atoms. The van der Waals surface area contributed by atoms with Crippen LogP contribution >= 0.6 is 0 Å². The fourth-order valence-corrected chi connectivity index (χ4v) is 3.01. The Bertz CT molecular complexity index is 1250. The Morgan fingerprint density at radius 2 is 1.53 bits per heavy atom. The van der Waals surface area contributed by atoms with Crippen LogP contribution in [0.3, 0.4) is 0 Å². The molecule has 0 N–H and O–H groups in total. The van der Waals surface area contributed by atoms with Gasteiger partial charge in [0.15, 0.2) is 17.3 Å². The second-order valence-corrected chi connectivity index (χ2v) is 6.87. The van der Waals surface area contributed by atoms with E-state index in [1.54, 1.807) is 30.3 Å². The Kier molecular flexibility index (Phi) is 7.60. The normalized spacial score (nSPS) is 10.6. The van der Waals surface area contributed by atoms with E-state index in [1.807, 2.05) is 0 Å². The zero-order valence-corrected chi connectivity index (χ0v) is 18.6. The first-order valence-electron chi connectivity index (χ1n) is 9.95. The van der Waals surface area contributed by atoms with Crippen LogP contribution in [0.5, 0.6) is 23.0 Å². The number of nitro groups is 1. The third-order valence-corrected chi connectivity index (χ3v) is 4.81. The number of non-ortho nitro benzene ring substituents is 1. The molecular formula is C25H21NO8. The number of nitrogens with zero attached hydrogens (tertiary/aromatic N) is 1. The van der Waals surface area contributed by atoms with E-state index in [0.717, 1.165) is 0 Å². The minimum Gasteiger partial charge on any atom is -0.497 e. The van der Waals surface area contributed by atoms with Crippen molar-refractivity contribution < 1.29 is 33.5 Å². The third-order valence-electron chi connectivity index (χ3n) is 4.81. The zero-order valence-electron chi connectivity index (χ0n) is 18.6. The van der Waals surface area contributed by atoms with Crippen LogP contribution in [0.15, 0.2) is 66.7 Å². The van der Waals surface area contributed by atoms with E-state index in [1.165, 1.54) is 63.8 Å². The lowest BCUT2D eigenvalue weighted by Crippen LogP contribution is -2.11. The van der Waals surface area contributed by atoms with Gasteiger partial charge in [0.25, 0.3) is 5.69 Å². The number of hydrogen-bond donors (Lipinski definition) is 0. The van der Waals surface area contributed by atoms with Gasteiger partial charge in [0, 0.05) is 18.2 Å². The summed E-state index contributed by atoms with van der Waals surface area (Å²) < 4.78 is 21.1. The molecule has 0 aromatic heterocycles. The molecule has 0 aliphatic carbocycles. The van der Waals surface area contributed by atoms with Crippen LogP contribution in [0, 0.1) is 10.1 Å². The number of carbonyl (C=O) groups is 2. The van der Waals surface area contributed by atoms with Crippen LogP contribution in [0.25, 0.3) is 6.08 Å². The number of esters is 1. The molecule has 3 aromatic rings. The van der Waals surface area contributed by atoms with Gasteiger partial charge in [0.2, 0.25) is 0 Å². The number of carbonyl (C=O) groups excluding carboxylic acids is 2. The van der Waals surface area contributed by atoms with Crippen molar-refractivity contribution >= 4 is 23.5 Å². The minimum absolute atomic E-state index is 0.00957. The molecular weight excluding hydrogens is 442 g/mol. The number of benzene rings is 3. The Morgan fingerprint density at radius 1 is 0.824 bits per heavy atom. The van der Waals surface area contributed by atoms with Gasteiger partial charge in [-0.25, -0.2) is 4.79 Å². The highest BCUT2D eigenvalue weighted by Crippen LogP contribution is 2.29. The number of nitro benzene ring substituents is 1. The summed E-state index contributed by atoms with van der Waals surface area (Å²) >= 11 is 0. The van der Waals surface area contributed by atoms with Crippen molar-refractivity contribution in [1.82, 2.24) is 0 Å². The van der Waals surface area contributed by atoms with Gasteiger partial charge in [-0.05, 0) is 48.0 Å². The number of ketones is 1. The SMILES string of the molecule is COc1ccc(C(=O)C=Cc2ccc(OC)c(OC)c2)c(OC(=O)c2ccc([N+](=O)[O-])cc2)c1. The van der Waals surface area contributed by atoms with Crippen LogP contribution in [-0.2, 0) is 0 Å². The van der Waals surface area contributed by atoms with Gasteiger partial charge in [0.05, 0.1) is 37.4 Å². The first-order chi connectivity index (χ1) is 16.4. The van der Waals surface area contributed by atoms with Crippen molar-refractivity contribution in [1.29, 1.82) is 0 Å². The Morgan fingerprint density at radius 3 is 2.15 bits per heavy atom. The maximum Gasteiger partial charge on any atom is 0.343 e. The van der Waals surface area contributed by atoms with E-state index in [4.69, 9.17) is 18.9 Å². The molecule has 34 heavy (non-hydrogen) atoms. The summed E-state index contributed by atoms with van der Waals surface area (Å²) in [5.74, 6) is 0.252. The van der Waals surface area contributed by atoms with Gasteiger partial charge in [-0.15, -0.1) is 0 Å². The van der Waals surface area contributed by atoms with Gasteiger partial charge in [0.1, 0.15) is 11.5 Å². The zero-order chi connectivity index (χ0) is 24.7. The number of methoxy groups -OCH3 is 3. The Balaban J connectivity index is 1.86. The molecule has 0 amide bonds. The average Bonchev–Trinajstić information content (AvgIpc) is 2.86. The van der Waals surface area contributed by atoms with Crippen molar-refractivity contribution in [3.05, 3.63) is 93.5 Å². The summed E-state index contributed by atoms with van der Waals surface area (Å²) in [4.78, 5) is 35.7. The van der Waals surface area contributed by atoms with Gasteiger partial charge in [-0.3, -0.25) is 14.9 Å². The van der Waals surface area contributed by atoms with Crippen molar-refractivity contribution in [3.63, 3.8) is 0 Å². The lowest BCUT2D eigenvalue weighted by atomic mass is 10.1. The van der Waals surface area contributed by atoms with E-state index in [-0.39, 0.29) is 22.6 Å². The smallest absolute Gasteiger partial charge is 0.343 e. The fraction of sp³-hybridized carbons (Fsp3) is 0.120. The number of ether oxygens (including phenoxy) is 4. The summed E-state index contributed by atoms with van der Waals surface area (Å²) in [5, 5.41) is 10.8.